The zero-order chi connectivity index (χ0) is 17.2. The van der Waals surface area contributed by atoms with Gasteiger partial charge in [-0.2, -0.15) is 13.2 Å². The number of amides is 1. The van der Waals surface area contributed by atoms with Crippen LogP contribution in [0, 0.1) is 5.82 Å². The molecule has 0 aliphatic rings. The largest absolute Gasteiger partial charge is 0.417 e. The minimum Gasteiger partial charge on any atom is -0.324 e. The monoisotopic (exact) mass is 328 g/mol. The van der Waals surface area contributed by atoms with E-state index in [0.717, 1.165) is 18.2 Å². The first-order valence-corrected chi connectivity index (χ1v) is 6.54. The summed E-state index contributed by atoms with van der Waals surface area (Å²) < 4.78 is 51.6. The number of nitrogens with one attached hydrogen (secondary N) is 1. The SMILES string of the molecule is CC(C(=O)Nc1ccc(F)cc1)n1cc(C(F)(F)F)ccc1=O. The molecule has 0 saturated carbocycles. The van der Waals surface area contributed by atoms with Gasteiger partial charge in [0.05, 0.1) is 5.56 Å². The van der Waals surface area contributed by atoms with Crippen LogP contribution in [0.5, 0.6) is 0 Å². The Balaban J connectivity index is 2.25. The van der Waals surface area contributed by atoms with Crippen molar-refractivity contribution in [2.24, 2.45) is 0 Å². The van der Waals surface area contributed by atoms with Gasteiger partial charge >= 0.3 is 6.18 Å². The molecule has 1 N–H and O–H groups in total. The quantitative estimate of drug-likeness (QED) is 0.880. The molecule has 1 amide bonds. The van der Waals surface area contributed by atoms with Gasteiger partial charge in [-0.3, -0.25) is 9.59 Å². The molecule has 122 valence electrons. The lowest BCUT2D eigenvalue weighted by Gasteiger charge is -2.17. The normalized spacial score (nSPS) is 12.7. The number of hydrogen-bond donors (Lipinski definition) is 1. The van der Waals surface area contributed by atoms with Gasteiger partial charge in [0.15, 0.2) is 0 Å². The highest BCUT2D eigenvalue weighted by atomic mass is 19.4. The smallest absolute Gasteiger partial charge is 0.324 e. The molecule has 8 heteroatoms. The van der Waals surface area contributed by atoms with Crippen molar-refractivity contribution in [3.8, 4) is 0 Å². The van der Waals surface area contributed by atoms with Crippen LogP contribution in [0.2, 0.25) is 0 Å². The van der Waals surface area contributed by atoms with Crippen LogP contribution in [-0.2, 0) is 11.0 Å². The Morgan fingerprint density at radius 1 is 1.13 bits per heavy atom. The average Bonchev–Trinajstić information content (AvgIpc) is 2.48. The lowest BCUT2D eigenvalue weighted by molar-refractivity contribution is -0.138. The van der Waals surface area contributed by atoms with Crippen molar-refractivity contribution in [2.75, 3.05) is 5.32 Å². The number of aromatic nitrogens is 1. The van der Waals surface area contributed by atoms with Crippen molar-refractivity contribution in [3.05, 3.63) is 64.3 Å². The molecule has 0 fully saturated rings. The highest BCUT2D eigenvalue weighted by Crippen LogP contribution is 2.28. The van der Waals surface area contributed by atoms with Crippen LogP contribution in [0.1, 0.15) is 18.5 Å². The maximum absolute atomic E-state index is 12.8. The van der Waals surface area contributed by atoms with Crippen LogP contribution in [-0.4, -0.2) is 10.5 Å². The third kappa shape index (κ3) is 3.97. The first-order valence-electron chi connectivity index (χ1n) is 6.54. The molecule has 0 bridgehead atoms. The Kier molecular flexibility index (Phi) is 4.53. The van der Waals surface area contributed by atoms with Crippen molar-refractivity contribution in [3.63, 3.8) is 0 Å². The molecular formula is C15H12F4N2O2. The van der Waals surface area contributed by atoms with Gasteiger partial charge < -0.3 is 9.88 Å². The summed E-state index contributed by atoms with van der Waals surface area (Å²) >= 11 is 0. The van der Waals surface area contributed by atoms with E-state index in [1.807, 2.05) is 0 Å². The Hall–Kier alpha value is -2.64. The molecular weight excluding hydrogens is 316 g/mol. The fraction of sp³-hybridized carbons (Fsp3) is 0.200. The molecule has 2 rings (SSSR count). The number of alkyl halides is 3. The van der Waals surface area contributed by atoms with E-state index in [1.54, 1.807) is 0 Å². The summed E-state index contributed by atoms with van der Waals surface area (Å²) in [4.78, 5) is 23.8. The number of benzene rings is 1. The molecule has 1 atom stereocenters. The molecule has 1 heterocycles. The Bertz CT molecular complexity index is 766. The topological polar surface area (TPSA) is 51.1 Å². The Morgan fingerprint density at radius 2 is 1.74 bits per heavy atom. The molecule has 0 radical (unpaired) electrons. The zero-order valence-corrected chi connectivity index (χ0v) is 11.9. The molecule has 1 aromatic carbocycles. The van der Waals surface area contributed by atoms with E-state index < -0.39 is 35.1 Å². The number of hydrogen-bond acceptors (Lipinski definition) is 2. The molecule has 1 unspecified atom stereocenters. The van der Waals surface area contributed by atoms with Gasteiger partial charge in [0.2, 0.25) is 5.91 Å². The van der Waals surface area contributed by atoms with E-state index in [1.165, 1.54) is 19.1 Å². The number of pyridine rings is 1. The highest BCUT2D eigenvalue weighted by Gasteiger charge is 2.32. The van der Waals surface area contributed by atoms with E-state index in [4.69, 9.17) is 0 Å². The van der Waals surface area contributed by atoms with Gasteiger partial charge in [-0.25, -0.2) is 4.39 Å². The van der Waals surface area contributed by atoms with Gasteiger partial charge in [-0.15, -0.1) is 0 Å². The predicted octanol–water partition coefficient (Wildman–Crippen LogP) is 3.21. The first kappa shape index (κ1) is 16.7. The predicted molar refractivity (Wildman–Crippen MR) is 75.4 cm³/mol. The minimum atomic E-state index is -4.62. The third-order valence-corrected chi connectivity index (χ3v) is 3.17. The zero-order valence-electron chi connectivity index (χ0n) is 11.9. The minimum absolute atomic E-state index is 0.267. The van der Waals surface area contributed by atoms with Crippen LogP contribution < -0.4 is 10.9 Å². The fourth-order valence-electron chi connectivity index (χ4n) is 1.88. The third-order valence-electron chi connectivity index (χ3n) is 3.17. The van der Waals surface area contributed by atoms with Gasteiger partial charge in [0.25, 0.3) is 5.56 Å². The molecule has 0 aliphatic heterocycles. The van der Waals surface area contributed by atoms with E-state index in [0.29, 0.717) is 16.8 Å². The number of carbonyl (C=O) groups is 1. The molecule has 23 heavy (non-hydrogen) atoms. The standard InChI is InChI=1S/C15H12F4N2O2/c1-9(14(23)20-12-5-3-11(16)4-6-12)21-8-10(15(17,18)19)2-7-13(21)22/h2-9H,1H3,(H,20,23). The summed E-state index contributed by atoms with van der Waals surface area (Å²) in [5, 5.41) is 2.41. The highest BCUT2D eigenvalue weighted by molar-refractivity contribution is 5.93. The maximum atomic E-state index is 12.8. The van der Waals surface area contributed by atoms with Crippen molar-refractivity contribution < 1.29 is 22.4 Å². The van der Waals surface area contributed by atoms with E-state index in [9.17, 15) is 27.2 Å². The van der Waals surface area contributed by atoms with Gasteiger partial charge in [0, 0.05) is 18.0 Å². The Morgan fingerprint density at radius 3 is 2.30 bits per heavy atom. The van der Waals surface area contributed by atoms with Gasteiger partial charge in [-0.05, 0) is 37.3 Å². The summed E-state index contributed by atoms with van der Waals surface area (Å²) in [6.07, 6.45) is -4.03. The Labute approximate surface area is 128 Å². The molecule has 0 spiro atoms. The number of anilines is 1. The van der Waals surface area contributed by atoms with Crippen LogP contribution in [0.4, 0.5) is 23.2 Å². The van der Waals surface area contributed by atoms with Crippen LogP contribution in [0.15, 0.2) is 47.4 Å². The van der Waals surface area contributed by atoms with E-state index >= 15 is 0 Å². The number of halogens is 4. The first-order chi connectivity index (χ1) is 10.7. The lowest BCUT2D eigenvalue weighted by atomic mass is 10.2. The van der Waals surface area contributed by atoms with Crippen LogP contribution in [0.3, 0.4) is 0 Å². The summed E-state index contributed by atoms with van der Waals surface area (Å²) in [5.74, 6) is -1.19. The second-order valence-corrected chi connectivity index (χ2v) is 4.83. The number of nitrogens with zero attached hydrogens (tertiary/aromatic N) is 1. The second kappa shape index (κ2) is 6.23. The average molecular weight is 328 g/mol. The fourth-order valence-corrected chi connectivity index (χ4v) is 1.88. The van der Waals surface area contributed by atoms with Crippen molar-refractivity contribution in [1.82, 2.24) is 4.57 Å². The molecule has 1 aromatic heterocycles. The molecule has 0 aliphatic carbocycles. The summed E-state index contributed by atoms with van der Waals surface area (Å²) in [6.45, 7) is 1.29. The number of rotatable bonds is 3. The van der Waals surface area contributed by atoms with Crippen molar-refractivity contribution >= 4 is 11.6 Å². The number of carbonyl (C=O) groups excluding carboxylic acids is 1. The van der Waals surface area contributed by atoms with Crippen molar-refractivity contribution in [1.29, 1.82) is 0 Å². The van der Waals surface area contributed by atoms with Crippen LogP contribution >= 0.6 is 0 Å². The van der Waals surface area contributed by atoms with Crippen LogP contribution in [0.25, 0.3) is 0 Å². The maximum Gasteiger partial charge on any atom is 0.417 e. The molecule has 4 nitrogen and oxygen atoms in total. The van der Waals surface area contributed by atoms with Gasteiger partial charge in [-0.1, -0.05) is 0 Å². The lowest BCUT2D eigenvalue weighted by Crippen LogP contribution is -2.31. The van der Waals surface area contributed by atoms with E-state index in [-0.39, 0.29) is 5.69 Å². The van der Waals surface area contributed by atoms with Gasteiger partial charge in [0.1, 0.15) is 11.9 Å². The molecule has 2 aromatic rings. The summed E-state index contributed by atoms with van der Waals surface area (Å²) in [6, 6.07) is 5.08. The second-order valence-electron chi connectivity index (χ2n) is 4.83. The molecule has 0 saturated heterocycles. The summed E-state index contributed by atoms with van der Waals surface area (Å²) in [5.41, 5.74) is -1.50. The van der Waals surface area contributed by atoms with Crippen molar-refractivity contribution in [2.45, 2.75) is 19.1 Å². The van der Waals surface area contributed by atoms with E-state index in [2.05, 4.69) is 5.32 Å². The summed E-state index contributed by atoms with van der Waals surface area (Å²) in [7, 11) is 0.